The van der Waals surface area contributed by atoms with E-state index in [9.17, 15) is 9.59 Å². The van der Waals surface area contributed by atoms with Crippen molar-refractivity contribution in [2.24, 2.45) is 0 Å². The molecule has 5 nitrogen and oxygen atoms in total. The van der Waals surface area contributed by atoms with Gasteiger partial charge in [0.25, 0.3) is 5.91 Å². The van der Waals surface area contributed by atoms with Crippen LogP contribution in [0.5, 0.6) is 0 Å². The van der Waals surface area contributed by atoms with Crippen LogP contribution in [0.15, 0.2) is 72.8 Å². The molecule has 0 saturated carbocycles. The van der Waals surface area contributed by atoms with Crippen LogP contribution in [0.3, 0.4) is 0 Å². The first-order valence-corrected chi connectivity index (χ1v) is 10.1. The first-order chi connectivity index (χ1) is 15.2. The fourth-order valence-corrected chi connectivity index (χ4v) is 3.76. The molecule has 4 rings (SSSR count). The average Bonchev–Trinajstić information content (AvgIpc) is 3.14. The minimum Gasteiger partial charge on any atom is -0.449 e. The first kappa shape index (κ1) is 20.2. The second-order valence-corrected chi connectivity index (χ2v) is 7.14. The Morgan fingerprint density at radius 2 is 1.52 bits per heavy atom. The van der Waals surface area contributed by atoms with Crippen LogP contribution >= 0.6 is 0 Å². The Kier molecular flexibility index (Phi) is 6.00. The molecule has 31 heavy (non-hydrogen) atoms. The van der Waals surface area contributed by atoms with Crippen molar-refractivity contribution in [2.45, 2.75) is 5.92 Å². The van der Waals surface area contributed by atoms with E-state index in [-0.39, 0.29) is 25.0 Å². The number of amides is 2. The van der Waals surface area contributed by atoms with E-state index in [4.69, 9.17) is 4.74 Å². The Morgan fingerprint density at radius 3 is 2.13 bits per heavy atom. The molecule has 3 aromatic rings. The molecule has 1 aliphatic carbocycles. The molecule has 0 fully saturated rings. The van der Waals surface area contributed by atoms with Gasteiger partial charge in [0.15, 0.2) is 0 Å². The predicted molar refractivity (Wildman–Crippen MR) is 120 cm³/mol. The number of rotatable bonds is 4. The standard InChI is InChI=1S/C26H22N2O3/c1-27-25(29)19-14-12-18(13-15-19)7-6-16-28-26(30)31-17-24-22-10-4-2-8-20(22)21-9-3-5-11-23(21)24/h2-5,8-15,24H,16-17H2,1H3,(H,27,29)(H,28,30). The zero-order valence-electron chi connectivity index (χ0n) is 17.1. The van der Waals surface area contributed by atoms with Gasteiger partial charge in [-0.1, -0.05) is 60.4 Å². The molecule has 2 N–H and O–H groups in total. The van der Waals surface area contributed by atoms with Gasteiger partial charge in [-0.15, -0.1) is 0 Å². The zero-order chi connectivity index (χ0) is 21.6. The van der Waals surface area contributed by atoms with Gasteiger partial charge in [-0.3, -0.25) is 4.79 Å². The lowest BCUT2D eigenvalue weighted by Crippen LogP contribution is -2.26. The summed E-state index contributed by atoms with van der Waals surface area (Å²) in [6.45, 7) is 0.447. The monoisotopic (exact) mass is 410 g/mol. The summed E-state index contributed by atoms with van der Waals surface area (Å²) in [7, 11) is 1.59. The van der Waals surface area contributed by atoms with Crippen LogP contribution in [0.4, 0.5) is 4.79 Å². The maximum absolute atomic E-state index is 12.1. The molecule has 2 amide bonds. The van der Waals surface area contributed by atoms with Crippen LogP contribution in [0.2, 0.25) is 0 Å². The Morgan fingerprint density at radius 1 is 0.903 bits per heavy atom. The number of carbonyl (C=O) groups excluding carboxylic acids is 2. The van der Waals surface area contributed by atoms with Gasteiger partial charge >= 0.3 is 6.09 Å². The van der Waals surface area contributed by atoms with Gasteiger partial charge < -0.3 is 15.4 Å². The third-order valence-electron chi connectivity index (χ3n) is 5.27. The van der Waals surface area contributed by atoms with Crippen LogP contribution in [-0.4, -0.2) is 32.2 Å². The summed E-state index contributed by atoms with van der Waals surface area (Å²) in [4.78, 5) is 23.7. The van der Waals surface area contributed by atoms with Gasteiger partial charge in [0, 0.05) is 24.1 Å². The second-order valence-electron chi connectivity index (χ2n) is 7.14. The highest BCUT2D eigenvalue weighted by molar-refractivity contribution is 5.94. The minimum absolute atomic E-state index is 0.0306. The van der Waals surface area contributed by atoms with Gasteiger partial charge in [0.1, 0.15) is 6.61 Å². The van der Waals surface area contributed by atoms with Gasteiger partial charge in [-0.05, 0) is 46.5 Å². The molecule has 0 atom stereocenters. The van der Waals surface area contributed by atoms with E-state index in [1.165, 1.54) is 22.3 Å². The Bertz CT molecular complexity index is 1130. The van der Waals surface area contributed by atoms with Crippen LogP contribution in [0, 0.1) is 11.8 Å². The maximum atomic E-state index is 12.1. The molecule has 0 bridgehead atoms. The van der Waals surface area contributed by atoms with E-state index in [1.807, 2.05) is 24.3 Å². The van der Waals surface area contributed by atoms with Crippen molar-refractivity contribution in [1.29, 1.82) is 0 Å². The molecule has 0 aromatic heterocycles. The first-order valence-electron chi connectivity index (χ1n) is 10.1. The van der Waals surface area contributed by atoms with Crippen molar-refractivity contribution in [2.75, 3.05) is 20.2 Å². The molecule has 3 aromatic carbocycles. The highest BCUT2D eigenvalue weighted by atomic mass is 16.5. The zero-order valence-corrected chi connectivity index (χ0v) is 17.1. The molecule has 0 radical (unpaired) electrons. The average molecular weight is 410 g/mol. The van der Waals surface area contributed by atoms with Crippen molar-refractivity contribution in [1.82, 2.24) is 10.6 Å². The third kappa shape index (κ3) is 4.44. The molecule has 0 aliphatic heterocycles. The van der Waals surface area contributed by atoms with Crippen molar-refractivity contribution in [3.8, 4) is 23.0 Å². The van der Waals surface area contributed by atoms with Crippen molar-refractivity contribution < 1.29 is 14.3 Å². The normalized spacial score (nSPS) is 11.5. The van der Waals surface area contributed by atoms with Crippen molar-refractivity contribution in [3.63, 3.8) is 0 Å². The lowest BCUT2D eigenvalue weighted by Gasteiger charge is -2.14. The Hall–Kier alpha value is -4.04. The minimum atomic E-state index is -0.494. The van der Waals surface area contributed by atoms with Crippen molar-refractivity contribution in [3.05, 3.63) is 95.1 Å². The maximum Gasteiger partial charge on any atom is 0.407 e. The van der Waals surface area contributed by atoms with E-state index in [0.717, 1.165) is 5.56 Å². The van der Waals surface area contributed by atoms with Gasteiger partial charge in [-0.25, -0.2) is 4.79 Å². The van der Waals surface area contributed by atoms with E-state index in [0.29, 0.717) is 5.56 Å². The van der Waals surface area contributed by atoms with E-state index < -0.39 is 6.09 Å². The summed E-state index contributed by atoms with van der Waals surface area (Å²) in [6, 6.07) is 23.4. The van der Waals surface area contributed by atoms with Gasteiger partial charge in [-0.2, -0.15) is 0 Å². The Balaban J connectivity index is 1.31. The van der Waals surface area contributed by atoms with Crippen molar-refractivity contribution >= 4 is 12.0 Å². The third-order valence-corrected chi connectivity index (χ3v) is 5.27. The summed E-state index contributed by atoms with van der Waals surface area (Å²) < 4.78 is 5.48. The lowest BCUT2D eigenvalue weighted by atomic mass is 9.98. The molecule has 5 heteroatoms. The second kappa shape index (κ2) is 9.19. The number of carbonyl (C=O) groups is 2. The molecule has 1 aliphatic rings. The van der Waals surface area contributed by atoms with E-state index >= 15 is 0 Å². The van der Waals surface area contributed by atoms with Crippen LogP contribution in [0.25, 0.3) is 11.1 Å². The molecule has 0 unspecified atom stereocenters. The lowest BCUT2D eigenvalue weighted by molar-refractivity contribution is 0.0963. The molecule has 154 valence electrons. The van der Waals surface area contributed by atoms with Crippen LogP contribution < -0.4 is 10.6 Å². The number of fused-ring (bicyclic) bond motifs is 3. The summed E-state index contributed by atoms with van der Waals surface area (Å²) in [5, 5.41) is 5.24. The summed E-state index contributed by atoms with van der Waals surface area (Å²) >= 11 is 0. The highest BCUT2D eigenvalue weighted by Crippen LogP contribution is 2.44. The topological polar surface area (TPSA) is 67.4 Å². The quantitative estimate of drug-likeness (QED) is 0.641. The fraction of sp³-hybridized carbons (Fsp3) is 0.154. The number of benzene rings is 3. The number of ether oxygens (including phenoxy) is 1. The van der Waals surface area contributed by atoms with E-state index in [2.05, 4.69) is 46.7 Å². The van der Waals surface area contributed by atoms with Gasteiger partial charge in [0.2, 0.25) is 0 Å². The van der Waals surface area contributed by atoms with Crippen LogP contribution in [0.1, 0.15) is 33.0 Å². The largest absolute Gasteiger partial charge is 0.449 e. The molecular weight excluding hydrogens is 388 g/mol. The smallest absolute Gasteiger partial charge is 0.407 e. The SMILES string of the molecule is CNC(=O)c1ccc(C#CCNC(=O)OCC2c3ccccc3-c3ccccc32)cc1. The highest BCUT2D eigenvalue weighted by Gasteiger charge is 2.28. The summed E-state index contributed by atoms with van der Waals surface area (Å²) in [6.07, 6.45) is -0.494. The summed E-state index contributed by atoms with van der Waals surface area (Å²) in [5.41, 5.74) is 6.08. The molecular formula is C26H22N2O3. The Labute approximate surface area is 181 Å². The number of hydrogen-bond donors (Lipinski definition) is 2. The molecule has 0 saturated heterocycles. The van der Waals surface area contributed by atoms with E-state index in [1.54, 1.807) is 31.3 Å². The predicted octanol–water partition coefficient (Wildman–Crippen LogP) is 3.94. The van der Waals surface area contributed by atoms with Gasteiger partial charge in [0.05, 0.1) is 6.54 Å². The molecule has 0 spiro atoms. The fourth-order valence-electron chi connectivity index (χ4n) is 3.76. The molecule has 0 heterocycles. The number of nitrogens with one attached hydrogen (secondary N) is 2. The number of hydrogen-bond acceptors (Lipinski definition) is 3. The summed E-state index contributed by atoms with van der Waals surface area (Å²) in [5.74, 6) is 5.74. The number of alkyl carbamates (subject to hydrolysis) is 1. The van der Waals surface area contributed by atoms with Crippen LogP contribution in [-0.2, 0) is 4.74 Å².